The maximum absolute atomic E-state index is 10.7. The highest BCUT2D eigenvalue weighted by molar-refractivity contribution is 8.00. The van der Waals surface area contributed by atoms with Crippen LogP contribution in [-0.2, 0) is 4.74 Å². The van der Waals surface area contributed by atoms with Gasteiger partial charge in [-0.2, -0.15) is 0 Å². The topological polar surface area (TPSA) is 29.5 Å². The fraction of sp³-hybridized carbons (Fsp3) is 0.579. The van der Waals surface area contributed by atoms with Gasteiger partial charge in [-0.3, -0.25) is 0 Å². The van der Waals surface area contributed by atoms with Gasteiger partial charge in [0.25, 0.3) is 0 Å². The molecule has 124 valence electrons. The van der Waals surface area contributed by atoms with Crippen molar-refractivity contribution in [2.24, 2.45) is 0 Å². The minimum Gasteiger partial charge on any atom is -0.505 e. The summed E-state index contributed by atoms with van der Waals surface area (Å²) in [5.74, 6) is 0. The third-order valence-corrected chi connectivity index (χ3v) is 5.21. The monoisotopic (exact) mass is 322 g/mol. The molecule has 1 N–H and O–H groups in total. The van der Waals surface area contributed by atoms with Crippen molar-refractivity contribution in [2.75, 3.05) is 7.11 Å². The molecule has 0 aliphatic rings. The lowest BCUT2D eigenvalue weighted by molar-refractivity contribution is 0.138. The second-order valence-corrected chi connectivity index (χ2v) is 7.41. The summed E-state index contributed by atoms with van der Waals surface area (Å²) in [5.41, 5.74) is 0. The Balaban J connectivity index is 2.63. The Hall–Kier alpha value is -0.930. The molecule has 0 aromatic heterocycles. The van der Waals surface area contributed by atoms with E-state index in [-0.39, 0.29) is 10.9 Å². The molecule has 1 aromatic carbocycles. The van der Waals surface area contributed by atoms with Crippen molar-refractivity contribution in [1.82, 2.24) is 0 Å². The summed E-state index contributed by atoms with van der Waals surface area (Å²) in [6.45, 7) is 4.30. The molecule has 0 spiro atoms. The number of unbranched alkanes of at least 4 members (excludes halogenated alkanes) is 4. The Morgan fingerprint density at radius 2 is 1.86 bits per heavy atom. The van der Waals surface area contributed by atoms with Crippen LogP contribution in [0.2, 0.25) is 0 Å². The van der Waals surface area contributed by atoms with Gasteiger partial charge in [-0.25, -0.2) is 0 Å². The van der Waals surface area contributed by atoms with Gasteiger partial charge in [-0.1, -0.05) is 57.2 Å². The van der Waals surface area contributed by atoms with Crippen molar-refractivity contribution in [2.45, 2.75) is 68.1 Å². The first-order valence-electron chi connectivity index (χ1n) is 8.25. The van der Waals surface area contributed by atoms with Gasteiger partial charge in [0.15, 0.2) is 0 Å². The van der Waals surface area contributed by atoms with Crippen LogP contribution in [0.25, 0.3) is 0 Å². The molecular weight excluding hydrogens is 292 g/mol. The van der Waals surface area contributed by atoms with Crippen LogP contribution in [0.4, 0.5) is 0 Å². The molecule has 0 aliphatic carbocycles. The number of methoxy groups -OCH3 is 1. The Bertz CT molecular complexity index is 419. The molecular formula is C19H30O2S. The highest BCUT2D eigenvalue weighted by Crippen LogP contribution is 2.38. The van der Waals surface area contributed by atoms with Crippen molar-refractivity contribution in [3.63, 3.8) is 0 Å². The molecule has 1 rings (SSSR count). The molecule has 0 fully saturated rings. The number of rotatable bonds is 11. The van der Waals surface area contributed by atoms with Crippen molar-refractivity contribution in [3.8, 4) is 0 Å². The quantitative estimate of drug-likeness (QED) is 0.335. The van der Waals surface area contributed by atoms with Gasteiger partial charge in [0.1, 0.15) is 0 Å². The average molecular weight is 323 g/mol. The zero-order chi connectivity index (χ0) is 16.3. The first-order chi connectivity index (χ1) is 10.6. The zero-order valence-electron chi connectivity index (χ0n) is 14.1. The second-order valence-electron chi connectivity index (χ2n) is 5.86. The lowest BCUT2D eigenvalue weighted by atomic mass is 9.97. The first kappa shape index (κ1) is 19.1. The van der Waals surface area contributed by atoms with Gasteiger partial charge in [0, 0.05) is 4.90 Å². The molecule has 0 amide bonds. The summed E-state index contributed by atoms with van der Waals surface area (Å²) in [7, 11) is 1.64. The predicted octanol–water partition coefficient (Wildman–Crippen LogP) is 5.42. The van der Waals surface area contributed by atoms with Crippen molar-refractivity contribution in [1.29, 1.82) is 0 Å². The number of hydrogen-bond donors (Lipinski definition) is 1. The second kappa shape index (κ2) is 10.7. The lowest BCUT2D eigenvalue weighted by Gasteiger charge is -2.31. The molecule has 1 aromatic rings. The number of thioether (sulfide) groups is 1. The number of aliphatic hydroxyl groups excluding tert-OH is 1. The van der Waals surface area contributed by atoms with E-state index in [1.165, 1.54) is 25.7 Å². The standard InChI is InChI=1S/C19H30O2S/c1-4-5-6-7-11-14-18(20)19(2,15-16-21-3)22-17-12-9-8-10-13-17/h8-10,12-13,15-16,18,20H,4-7,11,14H2,1-3H3. The van der Waals surface area contributed by atoms with E-state index in [4.69, 9.17) is 4.74 Å². The highest BCUT2D eigenvalue weighted by Gasteiger charge is 2.31. The average Bonchev–Trinajstić information content (AvgIpc) is 2.53. The van der Waals surface area contributed by atoms with Crippen LogP contribution in [0.3, 0.4) is 0 Å². The Morgan fingerprint density at radius 1 is 1.18 bits per heavy atom. The number of ether oxygens (including phenoxy) is 1. The normalized spacial score (nSPS) is 15.6. The van der Waals surface area contributed by atoms with Crippen LogP contribution in [0.15, 0.2) is 47.6 Å². The number of benzene rings is 1. The van der Waals surface area contributed by atoms with Gasteiger partial charge in [-0.15, -0.1) is 11.8 Å². The van der Waals surface area contributed by atoms with E-state index >= 15 is 0 Å². The smallest absolute Gasteiger partial charge is 0.0799 e. The summed E-state index contributed by atoms with van der Waals surface area (Å²) in [4.78, 5) is 1.16. The minimum atomic E-state index is -0.384. The van der Waals surface area contributed by atoms with E-state index in [1.54, 1.807) is 25.1 Å². The molecule has 22 heavy (non-hydrogen) atoms. The Labute approximate surface area is 140 Å². The summed E-state index contributed by atoms with van der Waals surface area (Å²) in [6.07, 6.45) is 10.2. The molecule has 2 unspecified atom stereocenters. The van der Waals surface area contributed by atoms with E-state index < -0.39 is 0 Å². The van der Waals surface area contributed by atoms with Crippen LogP contribution in [0.5, 0.6) is 0 Å². The lowest BCUT2D eigenvalue weighted by Crippen LogP contribution is -2.34. The molecule has 0 bridgehead atoms. The maximum atomic E-state index is 10.7. The van der Waals surface area contributed by atoms with Crippen LogP contribution in [-0.4, -0.2) is 23.1 Å². The van der Waals surface area contributed by atoms with Crippen LogP contribution < -0.4 is 0 Å². The van der Waals surface area contributed by atoms with Crippen molar-refractivity contribution >= 4 is 11.8 Å². The van der Waals surface area contributed by atoms with Crippen molar-refractivity contribution < 1.29 is 9.84 Å². The van der Waals surface area contributed by atoms with E-state index in [0.717, 1.165) is 17.7 Å². The fourth-order valence-electron chi connectivity index (χ4n) is 2.39. The molecule has 0 radical (unpaired) electrons. The van der Waals surface area contributed by atoms with Crippen LogP contribution in [0.1, 0.15) is 52.4 Å². The summed E-state index contributed by atoms with van der Waals surface area (Å²) in [5, 5.41) is 10.7. The van der Waals surface area contributed by atoms with Gasteiger partial charge >= 0.3 is 0 Å². The minimum absolute atomic E-state index is 0.373. The summed E-state index contributed by atoms with van der Waals surface area (Å²) in [6, 6.07) is 10.2. The SMILES string of the molecule is CCCCCCCC(O)C(C)(C=COC)Sc1ccccc1. The van der Waals surface area contributed by atoms with Gasteiger partial charge in [0.05, 0.1) is 24.2 Å². The third kappa shape index (κ3) is 6.89. The molecule has 2 nitrogen and oxygen atoms in total. The van der Waals surface area contributed by atoms with E-state index in [0.29, 0.717) is 0 Å². The predicted molar refractivity (Wildman–Crippen MR) is 96.2 cm³/mol. The van der Waals surface area contributed by atoms with E-state index in [1.807, 2.05) is 24.3 Å². The molecule has 0 saturated carbocycles. The molecule has 3 heteroatoms. The van der Waals surface area contributed by atoms with Crippen LogP contribution in [0, 0.1) is 0 Å². The van der Waals surface area contributed by atoms with Crippen molar-refractivity contribution in [3.05, 3.63) is 42.7 Å². The summed E-state index contributed by atoms with van der Waals surface area (Å²) >= 11 is 1.69. The van der Waals surface area contributed by atoms with Gasteiger partial charge in [0.2, 0.25) is 0 Å². The largest absolute Gasteiger partial charge is 0.505 e. The van der Waals surface area contributed by atoms with Gasteiger partial charge in [-0.05, 0) is 31.6 Å². The van der Waals surface area contributed by atoms with E-state index in [9.17, 15) is 5.11 Å². The fourth-order valence-corrected chi connectivity index (χ4v) is 3.57. The Morgan fingerprint density at radius 3 is 2.50 bits per heavy atom. The zero-order valence-corrected chi connectivity index (χ0v) is 14.9. The molecule has 2 atom stereocenters. The molecule has 0 heterocycles. The number of hydrogen-bond acceptors (Lipinski definition) is 3. The molecule has 0 saturated heterocycles. The number of aliphatic hydroxyl groups is 1. The summed E-state index contributed by atoms with van der Waals surface area (Å²) < 4.78 is 4.71. The van der Waals surface area contributed by atoms with E-state index in [2.05, 4.69) is 26.0 Å². The maximum Gasteiger partial charge on any atom is 0.0799 e. The van der Waals surface area contributed by atoms with Crippen LogP contribution >= 0.6 is 11.8 Å². The Kier molecular flexibility index (Phi) is 9.33. The van der Waals surface area contributed by atoms with Gasteiger partial charge < -0.3 is 9.84 Å². The highest BCUT2D eigenvalue weighted by atomic mass is 32.2. The molecule has 0 aliphatic heterocycles. The first-order valence-corrected chi connectivity index (χ1v) is 9.06. The third-order valence-electron chi connectivity index (χ3n) is 3.86.